The molecule has 11 aromatic rings. The maximum Gasteiger partial charge on any atom is 0.146 e. The van der Waals surface area contributed by atoms with Crippen molar-refractivity contribution in [2.75, 3.05) is 0 Å². The Hall–Kier alpha value is -7.03. The first kappa shape index (κ1) is 29.7. The van der Waals surface area contributed by atoms with E-state index in [9.17, 15) is 0 Å². The number of hydrogen-bond donors (Lipinski definition) is 0. The van der Waals surface area contributed by atoms with E-state index < -0.39 is 0 Å². The predicted molar refractivity (Wildman–Crippen MR) is 224 cm³/mol. The second-order valence-corrected chi connectivity index (χ2v) is 14.0. The number of pyridine rings is 1. The molecule has 0 amide bonds. The molecule has 0 saturated heterocycles. The van der Waals surface area contributed by atoms with Gasteiger partial charge in [0.2, 0.25) is 0 Å². The molecule has 0 bridgehead atoms. The molecule has 0 aliphatic rings. The molecule has 0 saturated carbocycles. The van der Waals surface area contributed by atoms with Gasteiger partial charge in [0, 0.05) is 10.8 Å². The smallest absolute Gasteiger partial charge is 0.146 e. The zero-order valence-electron chi connectivity index (χ0n) is 28.9. The lowest BCUT2D eigenvalue weighted by Crippen LogP contribution is -1.93. The Kier molecular flexibility index (Phi) is 6.59. The van der Waals surface area contributed by atoms with E-state index in [2.05, 4.69) is 199 Å². The van der Waals surface area contributed by atoms with E-state index in [4.69, 9.17) is 4.98 Å². The van der Waals surface area contributed by atoms with Crippen molar-refractivity contribution in [3.8, 4) is 44.5 Å². The molecule has 0 spiro atoms. The molecule has 2 heteroatoms. The van der Waals surface area contributed by atoms with Crippen molar-refractivity contribution in [3.63, 3.8) is 0 Å². The molecular weight excluding hydrogens is 641 g/mol. The summed E-state index contributed by atoms with van der Waals surface area (Å²) in [7, 11) is 0. The van der Waals surface area contributed by atoms with Crippen LogP contribution in [0.15, 0.2) is 194 Å². The highest BCUT2D eigenvalue weighted by molar-refractivity contribution is 6.15. The van der Waals surface area contributed by atoms with Crippen LogP contribution in [0, 0.1) is 0 Å². The number of benzene rings is 9. The molecular formula is C51H32N2. The molecule has 11 rings (SSSR count). The van der Waals surface area contributed by atoms with Gasteiger partial charge < -0.3 is 0 Å². The lowest BCUT2D eigenvalue weighted by Gasteiger charge is -2.13. The lowest BCUT2D eigenvalue weighted by atomic mass is 9.94. The van der Waals surface area contributed by atoms with Gasteiger partial charge in [0.05, 0.1) is 16.6 Å². The number of fused-ring (bicyclic) bond motifs is 10. The largest absolute Gasteiger partial charge is 0.292 e. The minimum atomic E-state index is 0.986. The first-order valence-electron chi connectivity index (χ1n) is 18.2. The fourth-order valence-electron chi connectivity index (χ4n) is 8.17. The second-order valence-electron chi connectivity index (χ2n) is 14.0. The second kappa shape index (κ2) is 11.8. The lowest BCUT2D eigenvalue weighted by molar-refractivity contribution is 1.31. The van der Waals surface area contributed by atoms with Gasteiger partial charge in [-0.05, 0) is 120 Å². The van der Waals surface area contributed by atoms with Crippen LogP contribution in [0.25, 0.3) is 104 Å². The quantitative estimate of drug-likeness (QED) is 0.170. The fraction of sp³-hybridized carbons (Fsp3) is 0. The summed E-state index contributed by atoms with van der Waals surface area (Å²) in [6, 6.07) is 70.7. The van der Waals surface area contributed by atoms with Crippen LogP contribution in [-0.2, 0) is 0 Å². The summed E-state index contributed by atoms with van der Waals surface area (Å²) in [6.45, 7) is 0. The third-order valence-corrected chi connectivity index (χ3v) is 11.0. The van der Waals surface area contributed by atoms with Crippen molar-refractivity contribution in [1.82, 2.24) is 9.38 Å². The SMILES string of the molecule is c1ccc2cc(-c3ccc(-c4ccc5c(c4)c4cc(-c6ccc(-c7ccc8ccccc8c7)cc6)ccc4n4c6ccccc6nc54)cc3)ccc2c1. The van der Waals surface area contributed by atoms with E-state index in [1.54, 1.807) is 0 Å². The van der Waals surface area contributed by atoms with E-state index in [0.29, 0.717) is 0 Å². The molecule has 0 atom stereocenters. The maximum atomic E-state index is 5.16. The van der Waals surface area contributed by atoms with Gasteiger partial charge in [-0.3, -0.25) is 4.40 Å². The highest BCUT2D eigenvalue weighted by atomic mass is 15.0. The molecule has 246 valence electrons. The molecule has 9 aromatic carbocycles. The van der Waals surface area contributed by atoms with Gasteiger partial charge in [-0.15, -0.1) is 0 Å². The summed E-state index contributed by atoms with van der Waals surface area (Å²) in [5, 5.41) is 8.60. The molecule has 2 nitrogen and oxygen atoms in total. The van der Waals surface area contributed by atoms with Crippen LogP contribution in [0.5, 0.6) is 0 Å². The molecule has 0 N–H and O–H groups in total. The average Bonchev–Trinajstić information content (AvgIpc) is 3.63. The van der Waals surface area contributed by atoms with Crippen LogP contribution < -0.4 is 0 Å². The Morgan fingerprint density at radius 1 is 0.283 bits per heavy atom. The summed E-state index contributed by atoms with van der Waals surface area (Å²) in [5.41, 5.74) is 13.9. The summed E-state index contributed by atoms with van der Waals surface area (Å²) >= 11 is 0. The van der Waals surface area contributed by atoms with Gasteiger partial charge in [-0.2, -0.15) is 0 Å². The number of rotatable bonds is 4. The van der Waals surface area contributed by atoms with E-state index in [0.717, 1.165) is 27.6 Å². The summed E-state index contributed by atoms with van der Waals surface area (Å²) in [4.78, 5) is 5.16. The number of aromatic nitrogens is 2. The van der Waals surface area contributed by atoms with E-state index in [-0.39, 0.29) is 0 Å². The molecule has 53 heavy (non-hydrogen) atoms. The van der Waals surface area contributed by atoms with Crippen molar-refractivity contribution in [3.05, 3.63) is 194 Å². The van der Waals surface area contributed by atoms with Gasteiger partial charge in [0.15, 0.2) is 0 Å². The minimum Gasteiger partial charge on any atom is -0.292 e. The van der Waals surface area contributed by atoms with Crippen molar-refractivity contribution in [2.24, 2.45) is 0 Å². The van der Waals surface area contributed by atoms with Gasteiger partial charge in [0.1, 0.15) is 5.65 Å². The van der Waals surface area contributed by atoms with Crippen molar-refractivity contribution < 1.29 is 0 Å². The van der Waals surface area contributed by atoms with Crippen LogP contribution in [0.3, 0.4) is 0 Å². The monoisotopic (exact) mass is 672 g/mol. The molecule has 0 fully saturated rings. The highest BCUT2D eigenvalue weighted by Crippen LogP contribution is 2.38. The number of hydrogen-bond acceptors (Lipinski definition) is 1. The van der Waals surface area contributed by atoms with Crippen LogP contribution in [0.2, 0.25) is 0 Å². The zero-order chi connectivity index (χ0) is 34.9. The van der Waals surface area contributed by atoms with Gasteiger partial charge in [-0.25, -0.2) is 4.98 Å². The van der Waals surface area contributed by atoms with Crippen molar-refractivity contribution >= 4 is 59.9 Å². The summed E-state index contributed by atoms with van der Waals surface area (Å²) < 4.78 is 2.33. The van der Waals surface area contributed by atoms with E-state index >= 15 is 0 Å². The molecule has 2 heterocycles. The van der Waals surface area contributed by atoms with Gasteiger partial charge in [-0.1, -0.05) is 146 Å². The standard InChI is InChI=1S/C51H32N2/c1-3-9-39-29-41(23-21-33(39)7-1)35-13-17-37(18-14-35)43-25-27-45-46(31-43)47-32-44(26-28-49(47)53-50-12-6-5-11-48(50)52-51(45)53)38-19-15-36(16-20-38)42-24-22-34-8-2-4-10-40(34)30-42/h1-32H. The maximum absolute atomic E-state index is 5.16. The summed E-state index contributed by atoms with van der Waals surface area (Å²) in [6.07, 6.45) is 0. The van der Waals surface area contributed by atoms with Crippen LogP contribution in [-0.4, -0.2) is 9.38 Å². The number of para-hydroxylation sites is 2. The molecule has 0 radical (unpaired) electrons. The van der Waals surface area contributed by atoms with E-state index in [1.807, 2.05) is 0 Å². The van der Waals surface area contributed by atoms with Crippen molar-refractivity contribution in [1.29, 1.82) is 0 Å². The number of nitrogens with zero attached hydrogens (tertiary/aromatic N) is 2. The van der Waals surface area contributed by atoms with Crippen LogP contribution in [0.1, 0.15) is 0 Å². The topological polar surface area (TPSA) is 17.3 Å². The normalized spacial score (nSPS) is 11.8. The third-order valence-electron chi connectivity index (χ3n) is 11.0. The average molecular weight is 673 g/mol. The minimum absolute atomic E-state index is 0.986. The predicted octanol–water partition coefficient (Wildman–Crippen LogP) is 13.8. The Morgan fingerprint density at radius 3 is 1.30 bits per heavy atom. The first-order valence-corrected chi connectivity index (χ1v) is 18.2. The Labute approximate surface area is 306 Å². The van der Waals surface area contributed by atoms with Gasteiger partial charge >= 0.3 is 0 Å². The Bertz CT molecular complexity index is 3200. The van der Waals surface area contributed by atoms with Crippen LogP contribution in [0.4, 0.5) is 0 Å². The molecule has 0 aliphatic carbocycles. The Balaban J connectivity index is 1.04. The first-order chi connectivity index (χ1) is 26.2. The van der Waals surface area contributed by atoms with Gasteiger partial charge in [0.25, 0.3) is 0 Å². The molecule has 2 aromatic heterocycles. The molecule has 0 aliphatic heterocycles. The van der Waals surface area contributed by atoms with E-state index in [1.165, 1.54) is 76.8 Å². The van der Waals surface area contributed by atoms with Crippen LogP contribution >= 0.6 is 0 Å². The zero-order valence-corrected chi connectivity index (χ0v) is 28.9. The number of imidazole rings is 1. The summed E-state index contributed by atoms with van der Waals surface area (Å²) in [5.74, 6) is 0. The van der Waals surface area contributed by atoms with Crippen molar-refractivity contribution in [2.45, 2.75) is 0 Å². The fourth-order valence-corrected chi connectivity index (χ4v) is 8.17. The molecule has 0 unspecified atom stereocenters. The third kappa shape index (κ3) is 4.92. The highest BCUT2D eigenvalue weighted by Gasteiger charge is 2.16. The Morgan fingerprint density at radius 2 is 0.717 bits per heavy atom.